The van der Waals surface area contributed by atoms with Gasteiger partial charge in [0.15, 0.2) is 0 Å². The van der Waals surface area contributed by atoms with E-state index in [-0.39, 0.29) is 17.3 Å². The first kappa shape index (κ1) is 17.4. The van der Waals surface area contributed by atoms with Crippen molar-refractivity contribution >= 4 is 21.6 Å². The van der Waals surface area contributed by atoms with Gasteiger partial charge in [0.1, 0.15) is 5.75 Å². The Morgan fingerprint density at radius 2 is 1.96 bits per heavy atom. The minimum absolute atomic E-state index is 0.101. The van der Waals surface area contributed by atoms with Crippen LogP contribution in [0.4, 0.5) is 0 Å². The van der Waals surface area contributed by atoms with Crippen molar-refractivity contribution in [1.29, 1.82) is 0 Å². The predicted molar refractivity (Wildman–Crippen MR) is 91.8 cm³/mol. The van der Waals surface area contributed by atoms with Gasteiger partial charge in [0, 0.05) is 10.6 Å². The molecule has 130 valence electrons. The molecule has 0 spiro atoms. The van der Waals surface area contributed by atoms with Crippen LogP contribution in [0.3, 0.4) is 0 Å². The van der Waals surface area contributed by atoms with E-state index in [1.807, 2.05) is 0 Å². The Hall–Kier alpha value is -2.42. The van der Waals surface area contributed by atoms with E-state index in [1.54, 1.807) is 31.4 Å². The lowest BCUT2D eigenvalue weighted by Crippen LogP contribution is -2.23. The Labute approximate surface area is 149 Å². The second-order valence-electron chi connectivity index (χ2n) is 5.02. The molecule has 1 N–H and O–H groups in total. The highest BCUT2D eigenvalue weighted by Gasteiger charge is 2.16. The van der Waals surface area contributed by atoms with Gasteiger partial charge in [-0.25, -0.2) is 13.1 Å². The zero-order chi connectivity index (χ0) is 17.9. The van der Waals surface area contributed by atoms with E-state index in [1.165, 1.54) is 24.3 Å². The second-order valence-corrected chi connectivity index (χ2v) is 7.23. The number of rotatable bonds is 6. The largest absolute Gasteiger partial charge is 0.497 e. The molecule has 0 fully saturated rings. The quantitative estimate of drug-likeness (QED) is 0.707. The van der Waals surface area contributed by atoms with E-state index in [0.29, 0.717) is 22.2 Å². The van der Waals surface area contributed by atoms with E-state index in [0.717, 1.165) is 0 Å². The number of methoxy groups -OCH3 is 1. The van der Waals surface area contributed by atoms with Crippen LogP contribution in [0.2, 0.25) is 5.02 Å². The van der Waals surface area contributed by atoms with E-state index in [2.05, 4.69) is 14.9 Å². The summed E-state index contributed by atoms with van der Waals surface area (Å²) in [5.74, 6) is 1.15. The number of benzene rings is 2. The average molecular weight is 380 g/mol. The molecule has 0 radical (unpaired) electrons. The maximum Gasteiger partial charge on any atom is 0.242 e. The Balaban J connectivity index is 1.72. The standard InChI is InChI=1S/C16H14ClN3O4S/c1-23-13-4-2-3-11(9-13)16-19-15(24-20-16)10-18-25(21,22)14-7-5-12(17)6-8-14/h2-9,18H,10H2,1H3. The van der Waals surface area contributed by atoms with Crippen LogP contribution in [-0.4, -0.2) is 25.7 Å². The molecular formula is C16H14ClN3O4S. The van der Waals surface area contributed by atoms with Crippen molar-refractivity contribution in [3.63, 3.8) is 0 Å². The highest BCUT2D eigenvalue weighted by atomic mass is 35.5. The molecule has 25 heavy (non-hydrogen) atoms. The summed E-state index contributed by atoms with van der Waals surface area (Å²) in [6.07, 6.45) is 0. The van der Waals surface area contributed by atoms with E-state index in [9.17, 15) is 8.42 Å². The van der Waals surface area contributed by atoms with Gasteiger partial charge in [0.25, 0.3) is 0 Å². The molecular weight excluding hydrogens is 366 g/mol. The summed E-state index contributed by atoms with van der Waals surface area (Å²) >= 11 is 5.76. The molecule has 0 unspecified atom stereocenters. The Bertz CT molecular complexity index is 971. The highest BCUT2D eigenvalue weighted by molar-refractivity contribution is 7.89. The molecule has 0 bridgehead atoms. The third-order valence-corrected chi connectivity index (χ3v) is 5.00. The number of nitrogens with one attached hydrogen (secondary N) is 1. The second kappa shape index (κ2) is 7.22. The van der Waals surface area contributed by atoms with E-state index >= 15 is 0 Å². The van der Waals surface area contributed by atoms with Gasteiger partial charge < -0.3 is 9.26 Å². The minimum Gasteiger partial charge on any atom is -0.497 e. The maximum absolute atomic E-state index is 12.2. The molecule has 0 aliphatic rings. The van der Waals surface area contributed by atoms with Crippen LogP contribution in [-0.2, 0) is 16.6 Å². The lowest BCUT2D eigenvalue weighted by atomic mass is 10.2. The smallest absolute Gasteiger partial charge is 0.242 e. The minimum atomic E-state index is -3.70. The molecule has 0 aliphatic carbocycles. The third kappa shape index (κ3) is 4.16. The van der Waals surface area contributed by atoms with Gasteiger partial charge in [0.05, 0.1) is 18.6 Å². The molecule has 0 saturated heterocycles. The third-order valence-electron chi connectivity index (χ3n) is 3.33. The summed E-state index contributed by atoms with van der Waals surface area (Å²) in [7, 11) is -2.14. The van der Waals surface area contributed by atoms with Crippen molar-refractivity contribution in [2.45, 2.75) is 11.4 Å². The molecule has 3 aromatic rings. The van der Waals surface area contributed by atoms with Gasteiger partial charge in [0.2, 0.25) is 21.7 Å². The lowest BCUT2D eigenvalue weighted by molar-refractivity contribution is 0.376. The fourth-order valence-electron chi connectivity index (χ4n) is 2.06. The molecule has 1 heterocycles. The number of aromatic nitrogens is 2. The SMILES string of the molecule is COc1cccc(-c2noc(CNS(=O)(=O)c3ccc(Cl)cc3)n2)c1. The van der Waals surface area contributed by atoms with E-state index in [4.69, 9.17) is 20.9 Å². The number of halogens is 1. The van der Waals surface area contributed by atoms with Gasteiger partial charge in [-0.15, -0.1) is 0 Å². The van der Waals surface area contributed by atoms with E-state index < -0.39 is 10.0 Å². The van der Waals surface area contributed by atoms with Crippen molar-refractivity contribution in [2.24, 2.45) is 0 Å². The van der Waals surface area contributed by atoms with Gasteiger partial charge >= 0.3 is 0 Å². The van der Waals surface area contributed by atoms with Crippen LogP contribution < -0.4 is 9.46 Å². The van der Waals surface area contributed by atoms with Crippen molar-refractivity contribution < 1.29 is 17.7 Å². The monoisotopic (exact) mass is 379 g/mol. The van der Waals surface area contributed by atoms with Gasteiger partial charge in [-0.1, -0.05) is 28.9 Å². The van der Waals surface area contributed by atoms with Crippen LogP contribution in [0.5, 0.6) is 5.75 Å². The first-order chi connectivity index (χ1) is 12.0. The number of hydrogen-bond donors (Lipinski definition) is 1. The van der Waals surface area contributed by atoms with Crippen molar-refractivity contribution in [3.05, 3.63) is 59.4 Å². The van der Waals surface area contributed by atoms with Crippen LogP contribution in [0, 0.1) is 0 Å². The summed E-state index contributed by atoms with van der Waals surface area (Å²) in [4.78, 5) is 4.29. The predicted octanol–water partition coefficient (Wildman–Crippen LogP) is 2.88. The Morgan fingerprint density at radius 3 is 2.68 bits per heavy atom. The van der Waals surface area contributed by atoms with Crippen LogP contribution >= 0.6 is 11.6 Å². The van der Waals surface area contributed by atoms with Crippen LogP contribution in [0.1, 0.15) is 5.89 Å². The maximum atomic E-state index is 12.2. The number of nitrogens with zero attached hydrogens (tertiary/aromatic N) is 2. The first-order valence-electron chi connectivity index (χ1n) is 7.20. The normalized spacial score (nSPS) is 11.4. The van der Waals surface area contributed by atoms with Crippen molar-refractivity contribution in [3.8, 4) is 17.1 Å². The summed E-state index contributed by atoms with van der Waals surface area (Å²) < 4.78 is 37.1. The molecule has 0 atom stereocenters. The molecule has 3 rings (SSSR count). The fraction of sp³-hybridized carbons (Fsp3) is 0.125. The Morgan fingerprint density at radius 1 is 1.20 bits per heavy atom. The summed E-state index contributed by atoms with van der Waals surface area (Å²) in [6.45, 7) is -0.123. The molecule has 0 aliphatic heterocycles. The molecule has 0 saturated carbocycles. The lowest BCUT2D eigenvalue weighted by Gasteiger charge is -2.04. The summed E-state index contributed by atoms with van der Waals surface area (Å²) in [6, 6.07) is 13.0. The topological polar surface area (TPSA) is 94.3 Å². The van der Waals surface area contributed by atoms with Crippen LogP contribution in [0.25, 0.3) is 11.4 Å². The first-order valence-corrected chi connectivity index (χ1v) is 9.06. The molecule has 0 amide bonds. The highest BCUT2D eigenvalue weighted by Crippen LogP contribution is 2.21. The van der Waals surface area contributed by atoms with Crippen molar-refractivity contribution in [2.75, 3.05) is 7.11 Å². The van der Waals surface area contributed by atoms with Gasteiger partial charge in [-0.05, 0) is 36.4 Å². The summed E-state index contributed by atoms with van der Waals surface area (Å²) in [5, 5.41) is 4.31. The fourth-order valence-corrected chi connectivity index (χ4v) is 3.16. The van der Waals surface area contributed by atoms with Gasteiger partial charge in [-0.3, -0.25) is 0 Å². The van der Waals surface area contributed by atoms with Gasteiger partial charge in [-0.2, -0.15) is 4.98 Å². The average Bonchev–Trinajstić information content (AvgIpc) is 3.10. The molecule has 2 aromatic carbocycles. The number of hydrogen-bond acceptors (Lipinski definition) is 6. The molecule has 1 aromatic heterocycles. The molecule has 7 nitrogen and oxygen atoms in total. The number of sulfonamides is 1. The Kier molecular flexibility index (Phi) is 5.03. The van der Waals surface area contributed by atoms with Crippen molar-refractivity contribution in [1.82, 2.24) is 14.9 Å². The zero-order valence-electron chi connectivity index (χ0n) is 13.1. The molecule has 9 heteroatoms. The number of ether oxygens (including phenoxy) is 1. The summed E-state index contributed by atoms with van der Waals surface area (Å²) in [5.41, 5.74) is 0.704. The zero-order valence-corrected chi connectivity index (χ0v) is 14.7. The van der Waals surface area contributed by atoms with Crippen LogP contribution in [0.15, 0.2) is 57.9 Å².